The van der Waals surface area contributed by atoms with Crippen molar-refractivity contribution in [1.29, 1.82) is 0 Å². The summed E-state index contributed by atoms with van der Waals surface area (Å²) in [6.07, 6.45) is -4.62. The molecule has 0 amide bonds. The van der Waals surface area contributed by atoms with E-state index in [4.69, 9.17) is 16.3 Å². The highest BCUT2D eigenvalue weighted by Gasteiger charge is 2.35. The molecule has 0 aliphatic heterocycles. The van der Waals surface area contributed by atoms with E-state index in [0.29, 0.717) is 13.2 Å². The third-order valence-electron chi connectivity index (χ3n) is 1.91. The van der Waals surface area contributed by atoms with Crippen LogP contribution < -0.4 is 5.32 Å². The first-order valence-corrected chi connectivity index (χ1v) is 5.66. The van der Waals surface area contributed by atoms with Gasteiger partial charge in [-0.1, -0.05) is 11.6 Å². The molecule has 0 fully saturated rings. The van der Waals surface area contributed by atoms with E-state index in [1.165, 1.54) is 6.07 Å². The standard InChI is InChI=1S/C10H13ClF3N3O/c1-3-18-5-6(2)15-8-4-7(11)16-9(17-8)10(12,13)14/h4,6H,3,5H2,1-2H3,(H,15,16,17). The summed E-state index contributed by atoms with van der Waals surface area (Å²) in [6.45, 7) is 4.48. The van der Waals surface area contributed by atoms with Gasteiger partial charge in [-0.15, -0.1) is 0 Å². The van der Waals surface area contributed by atoms with E-state index >= 15 is 0 Å². The van der Waals surface area contributed by atoms with Crippen molar-refractivity contribution in [3.8, 4) is 0 Å². The first-order chi connectivity index (χ1) is 8.32. The number of halogens is 4. The average Bonchev–Trinajstić information content (AvgIpc) is 2.24. The Morgan fingerprint density at radius 3 is 2.67 bits per heavy atom. The Morgan fingerprint density at radius 1 is 1.44 bits per heavy atom. The summed E-state index contributed by atoms with van der Waals surface area (Å²) < 4.78 is 42.5. The second kappa shape index (κ2) is 6.19. The van der Waals surface area contributed by atoms with Gasteiger partial charge < -0.3 is 10.1 Å². The highest BCUT2D eigenvalue weighted by Crippen LogP contribution is 2.28. The topological polar surface area (TPSA) is 47.0 Å². The van der Waals surface area contributed by atoms with Crippen LogP contribution in [0.5, 0.6) is 0 Å². The lowest BCUT2D eigenvalue weighted by molar-refractivity contribution is -0.144. The first kappa shape index (κ1) is 15.0. The molecule has 1 unspecified atom stereocenters. The van der Waals surface area contributed by atoms with Gasteiger partial charge in [0.1, 0.15) is 11.0 Å². The maximum absolute atomic E-state index is 12.5. The van der Waals surface area contributed by atoms with Crippen LogP contribution >= 0.6 is 11.6 Å². The summed E-state index contributed by atoms with van der Waals surface area (Å²) >= 11 is 5.52. The van der Waals surface area contributed by atoms with Gasteiger partial charge in [-0.2, -0.15) is 13.2 Å². The zero-order valence-electron chi connectivity index (χ0n) is 9.88. The molecule has 18 heavy (non-hydrogen) atoms. The molecule has 1 aromatic rings. The molecule has 0 aliphatic rings. The van der Waals surface area contributed by atoms with Crippen molar-refractivity contribution in [2.24, 2.45) is 0 Å². The van der Waals surface area contributed by atoms with Gasteiger partial charge in [0.2, 0.25) is 5.82 Å². The molecule has 4 nitrogen and oxygen atoms in total. The summed E-state index contributed by atoms with van der Waals surface area (Å²) in [5, 5.41) is 2.51. The van der Waals surface area contributed by atoms with Gasteiger partial charge in [-0.25, -0.2) is 9.97 Å². The van der Waals surface area contributed by atoms with Crippen LogP contribution in [0.15, 0.2) is 6.07 Å². The average molecular weight is 284 g/mol. The van der Waals surface area contributed by atoms with Gasteiger partial charge in [0, 0.05) is 18.7 Å². The van der Waals surface area contributed by atoms with Crippen LogP contribution in [0.3, 0.4) is 0 Å². The Labute approximate surface area is 108 Å². The lowest BCUT2D eigenvalue weighted by Gasteiger charge is -2.15. The van der Waals surface area contributed by atoms with Crippen molar-refractivity contribution in [2.75, 3.05) is 18.5 Å². The molecule has 0 aliphatic carbocycles. The largest absolute Gasteiger partial charge is 0.451 e. The number of nitrogens with one attached hydrogen (secondary N) is 1. The summed E-state index contributed by atoms with van der Waals surface area (Å²) in [5.74, 6) is -1.24. The maximum Gasteiger partial charge on any atom is 0.451 e. The minimum atomic E-state index is -4.62. The second-order valence-corrected chi connectivity index (χ2v) is 3.99. The quantitative estimate of drug-likeness (QED) is 0.844. The van der Waals surface area contributed by atoms with Crippen LogP contribution in [0, 0.1) is 0 Å². The van der Waals surface area contributed by atoms with Crippen LogP contribution in [-0.4, -0.2) is 29.2 Å². The Bertz CT molecular complexity index is 400. The van der Waals surface area contributed by atoms with Gasteiger partial charge in [-0.3, -0.25) is 0 Å². The fourth-order valence-electron chi connectivity index (χ4n) is 1.21. The van der Waals surface area contributed by atoms with Crippen molar-refractivity contribution in [1.82, 2.24) is 9.97 Å². The summed E-state index contributed by atoms with van der Waals surface area (Å²) in [7, 11) is 0. The van der Waals surface area contributed by atoms with Crippen LogP contribution in [0.2, 0.25) is 5.15 Å². The number of hydrogen-bond donors (Lipinski definition) is 1. The molecule has 0 radical (unpaired) electrons. The lowest BCUT2D eigenvalue weighted by atomic mass is 10.3. The molecule has 0 bridgehead atoms. The molecule has 1 heterocycles. The van der Waals surface area contributed by atoms with Gasteiger partial charge >= 0.3 is 6.18 Å². The zero-order chi connectivity index (χ0) is 13.8. The molecule has 1 aromatic heterocycles. The molecule has 0 aromatic carbocycles. The molecular weight excluding hydrogens is 271 g/mol. The fraction of sp³-hybridized carbons (Fsp3) is 0.600. The van der Waals surface area contributed by atoms with Crippen molar-refractivity contribution in [3.05, 3.63) is 17.0 Å². The van der Waals surface area contributed by atoms with Crippen molar-refractivity contribution in [3.63, 3.8) is 0 Å². The van der Waals surface area contributed by atoms with Crippen LogP contribution in [-0.2, 0) is 10.9 Å². The van der Waals surface area contributed by atoms with E-state index in [0.717, 1.165) is 0 Å². The maximum atomic E-state index is 12.5. The third kappa shape index (κ3) is 4.66. The van der Waals surface area contributed by atoms with E-state index in [1.807, 2.05) is 6.92 Å². The highest BCUT2D eigenvalue weighted by atomic mass is 35.5. The number of alkyl halides is 3. The van der Waals surface area contributed by atoms with Crippen molar-refractivity contribution >= 4 is 17.4 Å². The number of nitrogens with zero attached hydrogens (tertiary/aromatic N) is 2. The van der Waals surface area contributed by atoms with Gasteiger partial charge in [-0.05, 0) is 13.8 Å². The van der Waals surface area contributed by atoms with Crippen LogP contribution in [0.1, 0.15) is 19.7 Å². The normalized spacial score (nSPS) is 13.4. The fourth-order valence-corrected chi connectivity index (χ4v) is 1.39. The Hall–Kier alpha value is -1.08. The Balaban J connectivity index is 2.80. The summed E-state index contributed by atoms with van der Waals surface area (Å²) in [5.41, 5.74) is 0. The molecular formula is C10H13ClF3N3O. The first-order valence-electron chi connectivity index (χ1n) is 5.29. The van der Waals surface area contributed by atoms with Crippen molar-refractivity contribution < 1.29 is 17.9 Å². The lowest BCUT2D eigenvalue weighted by Crippen LogP contribution is -2.23. The van der Waals surface area contributed by atoms with Crippen molar-refractivity contribution in [2.45, 2.75) is 26.1 Å². The minimum Gasteiger partial charge on any atom is -0.380 e. The number of rotatable bonds is 5. The van der Waals surface area contributed by atoms with Crippen LogP contribution in [0.4, 0.5) is 19.0 Å². The monoisotopic (exact) mass is 283 g/mol. The summed E-state index contributed by atoms with van der Waals surface area (Å²) in [4.78, 5) is 6.50. The smallest absolute Gasteiger partial charge is 0.380 e. The molecule has 0 spiro atoms. The van der Waals surface area contributed by atoms with E-state index in [1.54, 1.807) is 6.92 Å². The zero-order valence-corrected chi connectivity index (χ0v) is 10.6. The molecule has 102 valence electrons. The van der Waals surface area contributed by atoms with E-state index in [2.05, 4.69) is 15.3 Å². The van der Waals surface area contributed by atoms with Gasteiger partial charge in [0.15, 0.2) is 0 Å². The number of hydrogen-bond acceptors (Lipinski definition) is 4. The summed E-state index contributed by atoms with van der Waals surface area (Å²) in [6, 6.07) is 1.05. The predicted molar refractivity (Wildman–Crippen MR) is 61.6 cm³/mol. The van der Waals surface area contributed by atoms with E-state index in [-0.39, 0.29) is 17.0 Å². The molecule has 1 N–H and O–H groups in total. The predicted octanol–water partition coefficient (Wildman–Crippen LogP) is 2.99. The molecule has 0 saturated heterocycles. The van der Waals surface area contributed by atoms with Gasteiger partial charge in [0.25, 0.3) is 0 Å². The second-order valence-electron chi connectivity index (χ2n) is 3.60. The van der Waals surface area contributed by atoms with E-state index in [9.17, 15) is 13.2 Å². The molecule has 1 atom stereocenters. The number of ether oxygens (including phenoxy) is 1. The molecule has 8 heteroatoms. The van der Waals surface area contributed by atoms with Crippen LogP contribution in [0.25, 0.3) is 0 Å². The minimum absolute atomic E-state index is 0.0227. The number of anilines is 1. The number of aromatic nitrogens is 2. The van der Waals surface area contributed by atoms with Gasteiger partial charge in [0.05, 0.1) is 6.61 Å². The third-order valence-corrected chi connectivity index (χ3v) is 2.11. The SMILES string of the molecule is CCOCC(C)Nc1cc(Cl)nc(C(F)(F)F)n1. The Morgan fingerprint density at radius 2 is 2.11 bits per heavy atom. The Kier molecular flexibility index (Phi) is 5.15. The highest BCUT2D eigenvalue weighted by molar-refractivity contribution is 6.29. The van der Waals surface area contributed by atoms with E-state index < -0.39 is 12.0 Å². The molecule has 0 saturated carbocycles. The molecule has 1 rings (SSSR count).